The van der Waals surface area contributed by atoms with Crippen molar-refractivity contribution in [3.63, 3.8) is 0 Å². The van der Waals surface area contributed by atoms with E-state index in [1.165, 1.54) is 10.4 Å². The number of halogens is 2. The maximum Gasteiger partial charge on any atom is 0.0900 e. The van der Waals surface area contributed by atoms with Crippen LogP contribution in [-0.4, -0.2) is 4.98 Å². The Kier molecular flexibility index (Phi) is 5.01. The number of hydrogen-bond acceptors (Lipinski definition) is 3. The quantitative estimate of drug-likeness (QED) is 0.828. The summed E-state index contributed by atoms with van der Waals surface area (Å²) in [6.07, 6.45) is 0. The number of benzene rings is 1. The molecule has 5 heteroatoms. The molecule has 2 nitrogen and oxygen atoms in total. The van der Waals surface area contributed by atoms with Gasteiger partial charge in [-0.1, -0.05) is 17.7 Å². The van der Waals surface area contributed by atoms with Crippen molar-refractivity contribution in [1.82, 2.24) is 10.3 Å². The number of nitrogens with zero attached hydrogens (tertiary/aromatic N) is 1. The standard InChI is InChI=1S/C14H16BrClN2S/c1-8(14-9(2)18-10(3)19-14)17-7-11-4-5-13(16)12(15)6-11/h4-6,8,17H,7H2,1-3H3. The van der Waals surface area contributed by atoms with Crippen LogP contribution >= 0.6 is 38.9 Å². The van der Waals surface area contributed by atoms with Crippen LogP contribution in [-0.2, 0) is 6.54 Å². The summed E-state index contributed by atoms with van der Waals surface area (Å²) in [5.74, 6) is 0. The number of rotatable bonds is 4. The Morgan fingerprint density at radius 2 is 2.16 bits per heavy atom. The van der Waals surface area contributed by atoms with Crippen molar-refractivity contribution in [1.29, 1.82) is 0 Å². The molecule has 1 aromatic heterocycles. The van der Waals surface area contributed by atoms with Crippen LogP contribution < -0.4 is 5.32 Å². The van der Waals surface area contributed by atoms with E-state index in [-0.39, 0.29) is 0 Å². The molecule has 0 fully saturated rings. The van der Waals surface area contributed by atoms with Gasteiger partial charge in [0, 0.05) is 21.9 Å². The lowest BCUT2D eigenvalue weighted by Gasteiger charge is -2.13. The Bertz CT molecular complexity index is 583. The molecule has 0 amide bonds. The summed E-state index contributed by atoms with van der Waals surface area (Å²) >= 11 is 11.2. The number of thiazole rings is 1. The number of hydrogen-bond donors (Lipinski definition) is 1. The van der Waals surface area contributed by atoms with Crippen molar-refractivity contribution < 1.29 is 0 Å². The fourth-order valence-corrected chi connectivity index (χ4v) is 3.46. The molecule has 0 aliphatic heterocycles. The minimum absolute atomic E-state index is 0.306. The first-order valence-corrected chi connectivity index (χ1v) is 8.07. The molecule has 0 radical (unpaired) electrons. The summed E-state index contributed by atoms with van der Waals surface area (Å²) in [6.45, 7) is 7.10. The van der Waals surface area contributed by atoms with Gasteiger partial charge in [-0.25, -0.2) is 4.98 Å². The van der Waals surface area contributed by atoms with Crippen molar-refractivity contribution >= 4 is 38.9 Å². The molecule has 1 aromatic carbocycles. The molecule has 2 aromatic rings. The smallest absolute Gasteiger partial charge is 0.0900 e. The topological polar surface area (TPSA) is 24.9 Å². The second-order valence-electron chi connectivity index (χ2n) is 4.53. The van der Waals surface area contributed by atoms with Crippen LogP contribution in [0.5, 0.6) is 0 Å². The summed E-state index contributed by atoms with van der Waals surface area (Å²) in [6, 6.07) is 6.31. The SMILES string of the molecule is Cc1nc(C)c(C(C)NCc2ccc(Cl)c(Br)c2)s1. The second-order valence-corrected chi connectivity index (χ2v) is 7.03. The van der Waals surface area contributed by atoms with Gasteiger partial charge in [0.2, 0.25) is 0 Å². The van der Waals surface area contributed by atoms with Crippen LogP contribution in [0.3, 0.4) is 0 Å². The molecule has 0 bridgehead atoms. The van der Waals surface area contributed by atoms with Crippen LogP contribution in [0.25, 0.3) is 0 Å². The fourth-order valence-electron chi connectivity index (χ4n) is 1.96. The zero-order chi connectivity index (χ0) is 14.0. The molecule has 102 valence electrons. The normalized spacial score (nSPS) is 12.7. The highest BCUT2D eigenvalue weighted by Crippen LogP contribution is 2.26. The van der Waals surface area contributed by atoms with Gasteiger partial charge < -0.3 is 5.32 Å². The molecule has 1 unspecified atom stereocenters. The molecule has 19 heavy (non-hydrogen) atoms. The van der Waals surface area contributed by atoms with Gasteiger partial charge in [0.05, 0.1) is 15.7 Å². The van der Waals surface area contributed by atoms with Crippen LogP contribution in [0.1, 0.15) is 34.1 Å². The third-order valence-corrected chi connectivity index (χ3v) is 5.40. The largest absolute Gasteiger partial charge is 0.305 e. The molecule has 0 saturated heterocycles. The van der Waals surface area contributed by atoms with Gasteiger partial charge >= 0.3 is 0 Å². The van der Waals surface area contributed by atoms with E-state index < -0.39 is 0 Å². The highest BCUT2D eigenvalue weighted by Gasteiger charge is 2.12. The second kappa shape index (κ2) is 6.35. The van der Waals surface area contributed by atoms with E-state index in [0.717, 1.165) is 26.7 Å². The predicted octanol–water partition coefficient (Wildman–Crippen LogP) is 5.03. The summed E-state index contributed by atoms with van der Waals surface area (Å²) in [5, 5.41) is 5.38. The first kappa shape index (κ1) is 15.0. The zero-order valence-electron chi connectivity index (χ0n) is 11.1. The Labute approximate surface area is 131 Å². The van der Waals surface area contributed by atoms with E-state index in [9.17, 15) is 0 Å². The monoisotopic (exact) mass is 358 g/mol. The summed E-state index contributed by atoms with van der Waals surface area (Å²) in [4.78, 5) is 5.78. The number of nitrogens with one attached hydrogen (secondary N) is 1. The Morgan fingerprint density at radius 3 is 2.74 bits per heavy atom. The maximum absolute atomic E-state index is 5.99. The number of aryl methyl sites for hydroxylation is 2. The van der Waals surface area contributed by atoms with Gasteiger partial charge in [-0.3, -0.25) is 0 Å². The molecule has 0 saturated carbocycles. The molecule has 0 spiro atoms. The van der Waals surface area contributed by atoms with E-state index in [0.29, 0.717) is 6.04 Å². The zero-order valence-corrected chi connectivity index (χ0v) is 14.3. The van der Waals surface area contributed by atoms with Crippen LogP contribution in [0.2, 0.25) is 5.02 Å². The van der Waals surface area contributed by atoms with Crippen LogP contribution in [0, 0.1) is 13.8 Å². The summed E-state index contributed by atoms with van der Waals surface area (Å²) in [5.41, 5.74) is 2.34. The Hall–Kier alpha value is -0.420. The van der Waals surface area contributed by atoms with E-state index in [1.54, 1.807) is 11.3 Å². The van der Waals surface area contributed by atoms with Gasteiger partial charge in [0.25, 0.3) is 0 Å². The molecule has 1 atom stereocenters. The first-order chi connectivity index (χ1) is 8.97. The van der Waals surface area contributed by atoms with Crippen molar-refractivity contribution in [2.75, 3.05) is 0 Å². The van der Waals surface area contributed by atoms with Crippen molar-refractivity contribution in [2.24, 2.45) is 0 Å². The minimum Gasteiger partial charge on any atom is -0.305 e. The molecule has 1 N–H and O–H groups in total. The fraction of sp³-hybridized carbons (Fsp3) is 0.357. The van der Waals surface area contributed by atoms with Gasteiger partial charge in [0.1, 0.15) is 0 Å². The van der Waals surface area contributed by atoms with Crippen LogP contribution in [0.4, 0.5) is 0 Å². The van der Waals surface area contributed by atoms with Crippen LogP contribution in [0.15, 0.2) is 22.7 Å². The van der Waals surface area contributed by atoms with E-state index in [2.05, 4.69) is 40.1 Å². The maximum atomic E-state index is 5.99. The van der Waals surface area contributed by atoms with Gasteiger partial charge in [-0.05, 0) is 54.4 Å². The van der Waals surface area contributed by atoms with Gasteiger partial charge in [-0.15, -0.1) is 11.3 Å². The molecule has 1 heterocycles. The predicted molar refractivity (Wildman–Crippen MR) is 86.0 cm³/mol. The average molecular weight is 360 g/mol. The van der Waals surface area contributed by atoms with E-state index >= 15 is 0 Å². The lowest BCUT2D eigenvalue weighted by atomic mass is 10.2. The van der Waals surface area contributed by atoms with Crippen molar-refractivity contribution in [3.05, 3.63) is 48.8 Å². The van der Waals surface area contributed by atoms with E-state index in [1.807, 2.05) is 25.1 Å². The lowest BCUT2D eigenvalue weighted by molar-refractivity contribution is 0.579. The van der Waals surface area contributed by atoms with Crippen molar-refractivity contribution in [3.8, 4) is 0 Å². The summed E-state index contributed by atoms with van der Waals surface area (Å²) < 4.78 is 0.936. The van der Waals surface area contributed by atoms with Crippen molar-refractivity contribution in [2.45, 2.75) is 33.4 Å². The molecular formula is C14H16BrClN2S. The lowest BCUT2D eigenvalue weighted by Crippen LogP contribution is -2.17. The molecule has 2 rings (SSSR count). The summed E-state index contributed by atoms with van der Waals surface area (Å²) in [7, 11) is 0. The minimum atomic E-state index is 0.306. The highest BCUT2D eigenvalue weighted by atomic mass is 79.9. The molecule has 0 aliphatic rings. The van der Waals surface area contributed by atoms with E-state index in [4.69, 9.17) is 11.6 Å². The third kappa shape index (κ3) is 3.78. The average Bonchev–Trinajstić information content (AvgIpc) is 2.70. The number of aromatic nitrogens is 1. The van der Waals surface area contributed by atoms with Gasteiger partial charge in [-0.2, -0.15) is 0 Å². The first-order valence-electron chi connectivity index (χ1n) is 6.08. The highest BCUT2D eigenvalue weighted by molar-refractivity contribution is 9.10. The molecule has 0 aliphatic carbocycles. The third-order valence-electron chi connectivity index (χ3n) is 2.93. The molecular weight excluding hydrogens is 344 g/mol. The van der Waals surface area contributed by atoms with Gasteiger partial charge in [0.15, 0.2) is 0 Å². The Morgan fingerprint density at radius 1 is 1.42 bits per heavy atom. The Balaban J connectivity index is 2.02.